The van der Waals surface area contributed by atoms with E-state index < -0.39 is 0 Å². The third kappa shape index (κ3) is 1.27. The molecule has 15 heavy (non-hydrogen) atoms. The minimum Gasteiger partial charge on any atom is -0.346 e. The van der Waals surface area contributed by atoms with Crippen LogP contribution < -0.4 is 5.32 Å². The molecule has 2 heterocycles. The molecule has 1 aliphatic heterocycles. The van der Waals surface area contributed by atoms with E-state index in [2.05, 4.69) is 9.88 Å². The highest BCUT2D eigenvalue weighted by Gasteiger charge is 2.19. The van der Waals surface area contributed by atoms with Crippen molar-refractivity contribution in [1.82, 2.24) is 9.88 Å². The summed E-state index contributed by atoms with van der Waals surface area (Å²) in [6.45, 7) is 0.971. The van der Waals surface area contributed by atoms with Gasteiger partial charge in [-0.05, 0) is 37.2 Å². The SMILES string of the molecule is CN[C@@H]1Cc2cc(F)cc3ccn(c23)C1. The van der Waals surface area contributed by atoms with E-state index in [4.69, 9.17) is 0 Å². The molecule has 0 aliphatic carbocycles. The Kier molecular flexibility index (Phi) is 1.83. The van der Waals surface area contributed by atoms with Crippen molar-refractivity contribution in [3.63, 3.8) is 0 Å². The molecule has 0 saturated heterocycles. The Morgan fingerprint density at radius 2 is 2.33 bits per heavy atom. The van der Waals surface area contributed by atoms with Gasteiger partial charge in [-0.25, -0.2) is 4.39 Å². The van der Waals surface area contributed by atoms with E-state index in [1.807, 2.05) is 19.3 Å². The molecule has 1 atom stereocenters. The van der Waals surface area contributed by atoms with Gasteiger partial charge in [0.15, 0.2) is 0 Å². The first-order valence-electron chi connectivity index (χ1n) is 5.22. The third-order valence-electron chi connectivity index (χ3n) is 3.20. The molecule has 0 saturated carbocycles. The number of likely N-dealkylation sites (N-methyl/N-ethyl adjacent to an activating group) is 1. The number of hydrogen-bond donors (Lipinski definition) is 1. The number of halogens is 1. The fourth-order valence-electron chi connectivity index (χ4n) is 2.47. The van der Waals surface area contributed by atoms with Crippen LogP contribution in [0.4, 0.5) is 4.39 Å². The number of benzene rings is 1. The zero-order valence-corrected chi connectivity index (χ0v) is 8.63. The number of nitrogens with one attached hydrogen (secondary N) is 1. The van der Waals surface area contributed by atoms with Crippen molar-refractivity contribution in [1.29, 1.82) is 0 Å². The van der Waals surface area contributed by atoms with E-state index in [-0.39, 0.29) is 5.82 Å². The fourth-order valence-corrected chi connectivity index (χ4v) is 2.47. The summed E-state index contributed by atoms with van der Waals surface area (Å²) in [6.07, 6.45) is 2.95. The molecular formula is C12H13FN2. The zero-order valence-electron chi connectivity index (χ0n) is 8.63. The highest BCUT2D eigenvalue weighted by molar-refractivity contribution is 5.84. The average Bonchev–Trinajstić information content (AvgIpc) is 2.62. The third-order valence-corrected chi connectivity index (χ3v) is 3.20. The van der Waals surface area contributed by atoms with Crippen molar-refractivity contribution in [2.24, 2.45) is 0 Å². The molecule has 0 unspecified atom stereocenters. The molecule has 3 rings (SSSR count). The molecule has 1 aliphatic rings. The van der Waals surface area contributed by atoms with Crippen LogP contribution in [0.5, 0.6) is 0 Å². The van der Waals surface area contributed by atoms with E-state index in [9.17, 15) is 4.39 Å². The summed E-state index contributed by atoms with van der Waals surface area (Å²) < 4.78 is 15.5. The highest BCUT2D eigenvalue weighted by atomic mass is 19.1. The number of aromatic nitrogens is 1. The lowest BCUT2D eigenvalue weighted by atomic mass is 10.00. The second-order valence-electron chi connectivity index (χ2n) is 4.16. The molecule has 0 radical (unpaired) electrons. The van der Waals surface area contributed by atoms with E-state index in [0.717, 1.165) is 23.9 Å². The van der Waals surface area contributed by atoms with Crippen LogP contribution >= 0.6 is 0 Å². The molecule has 1 aromatic carbocycles. The van der Waals surface area contributed by atoms with E-state index in [1.54, 1.807) is 12.1 Å². The maximum absolute atomic E-state index is 13.3. The van der Waals surface area contributed by atoms with Crippen LogP contribution in [0.15, 0.2) is 24.4 Å². The first-order chi connectivity index (χ1) is 7.28. The lowest BCUT2D eigenvalue weighted by Crippen LogP contribution is -2.34. The van der Waals surface area contributed by atoms with Gasteiger partial charge < -0.3 is 9.88 Å². The monoisotopic (exact) mass is 204 g/mol. The Hall–Kier alpha value is -1.35. The van der Waals surface area contributed by atoms with Crippen molar-refractivity contribution in [2.45, 2.75) is 19.0 Å². The van der Waals surface area contributed by atoms with Crippen molar-refractivity contribution in [3.05, 3.63) is 35.8 Å². The summed E-state index contributed by atoms with van der Waals surface area (Å²) in [6, 6.07) is 5.66. The van der Waals surface area contributed by atoms with Crippen molar-refractivity contribution in [2.75, 3.05) is 7.05 Å². The first-order valence-corrected chi connectivity index (χ1v) is 5.22. The Labute approximate surface area is 87.7 Å². The van der Waals surface area contributed by atoms with Gasteiger partial charge in [0.05, 0.1) is 5.52 Å². The molecule has 0 bridgehead atoms. The Balaban J connectivity index is 2.25. The zero-order chi connectivity index (χ0) is 10.4. The van der Waals surface area contributed by atoms with Gasteiger partial charge in [0.1, 0.15) is 5.82 Å². The van der Waals surface area contributed by atoms with Gasteiger partial charge in [-0.1, -0.05) is 0 Å². The van der Waals surface area contributed by atoms with E-state index in [1.165, 1.54) is 5.52 Å². The summed E-state index contributed by atoms with van der Waals surface area (Å²) >= 11 is 0. The Bertz CT molecular complexity index is 516. The standard InChI is InChI=1S/C12H13FN2/c1-14-11-6-9-5-10(13)4-8-2-3-15(7-11)12(8)9/h2-5,11,14H,6-7H2,1H3/t11-/m1/s1. The predicted octanol–water partition coefficient (Wildman–Crippen LogP) is 1.92. The van der Waals surface area contributed by atoms with Gasteiger partial charge in [-0.15, -0.1) is 0 Å². The summed E-state index contributed by atoms with van der Waals surface area (Å²) in [5.41, 5.74) is 2.31. The Morgan fingerprint density at radius 1 is 1.47 bits per heavy atom. The molecule has 3 heteroatoms. The Morgan fingerprint density at radius 3 is 3.13 bits per heavy atom. The highest BCUT2D eigenvalue weighted by Crippen LogP contribution is 2.27. The molecule has 0 spiro atoms. The number of rotatable bonds is 1. The molecule has 1 N–H and O–H groups in total. The van der Waals surface area contributed by atoms with Crippen molar-refractivity contribution < 1.29 is 4.39 Å². The molecule has 2 nitrogen and oxygen atoms in total. The first kappa shape index (κ1) is 8.92. The van der Waals surface area contributed by atoms with Crippen molar-refractivity contribution in [3.8, 4) is 0 Å². The van der Waals surface area contributed by atoms with Crippen LogP contribution in [0, 0.1) is 5.82 Å². The van der Waals surface area contributed by atoms with Crippen LogP contribution in [0.2, 0.25) is 0 Å². The molecular weight excluding hydrogens is 191 g/mol. The normalized spacial score (nSPS) is 19.7. The fraction of sp³-hybridized carbons (Fsp3) is 0.333. The second kappa shape index (κ2) is 3.07. The summed E-state index contributed by atoms with van der Waals surface area (Å²) in [5.74, 6) is -0.132. The minimum atomic E-state index is -0.132. The maximum Gasteiger partial charge on any atom is 0.124 e. The quantitative estimate of drug-likeness (QED) is 0.751. The van der Waals surface area contributed by atoms with Gasteiger partial charge >= 0.3 is 0 Å². The largest absolute Gasteiger partial charge is 0.346 e. The van der Waals surface area contributed by atoms with Crippen LogP contribution in [0.3, 0.4) is 0 Å². The van der Waals surface area contributed by atoms with Crippen molar-refractivity contribution >= 4 is 10.9 Å². The van der Waals surface area contributed by atoms with Crippen LogP contribution in [-0.2, 0) is 13.0 Å². The van der Waals surface area contributed by atoms with Gasteiger partial charge in [-0.2, -0.15) is 0 Å². The number of hydrogen-bond acceptors (Lipinski definition) is 1. The van der Waals surface area contributed by atoms with E-state index >= 15 is 0 Å². The van der Waals surface area contributed by atoms with Gasteiger partial charge in [0.25, 0.3) is 0 Å². The van der Waals surface area contributed by atoms with E-state index in [0.29, 0.717) is 6.04 Å². The van der Waals surface area contributed by atoms with Crippen LogP contribution in [0.25, 0.3) is 10.9 Å². The maximum atomic E-state index is 13.3. The molecule has 2 aromatic rings. The molecule has 1 aromatic heterocycles. The summed E-state index contributed by atoms with van der Waals surface area (Å²) in [4.78, 5) is 0. The molecule has 0 amide bonds. The molecule has 0 fully saturated rings. The topological polar surface area (TPSA) is 17.0 Å². The predicted molar refractivity (Wildman–Crippen MR) is 58.4 cm³/mol. The average molecular weight is 204 g/mol. The smallest absolute Gasteiger partial charge is 0.124 e. The lowest BCUT2D eigenvalue weighted by Gasteiger charge is -2.24. The number of nitrogens with zero attached hydrogens (tertiary/aromatic N) is 1. The lowest BCUT2D eigenvalue weighted by molar-refractivity contribution is 0.469. The second-order valence-corrected chi connectivity index (χ2v) is 4.16. The van der Waals surface area contributed by atoms with Gasteiger partial charge in [0, 0.05) is 24.2 Å². The van der Waals surface area contributed by atoms with Crippen LogP contribution in [0.1, 0.15) is 5.56 Å². The van der Waals surface area contributed by atoms with Gasteiger partial charge in [0.2, 0.25) is 0 Å². The molecule has 78 valence electrons. The summed E-state index contributed by atoms with van der Waals surface area (Å²) in [5, 5.41) is 4.27. The van der Waals surface area contributed by atoms with Gasteiger partial charge in [-0.3, -0.25) is 0 Å². The minimum absolute atomic E-state index is 0.132. The van der Waals surface area contributed by atoms with Crippen LogP contribution in [-0.4, -0.2) is 17.7 Å². The summed E-state index contributed by atoms with van der Waals surface area (Å²) in [7, 11) is 1.95.